The van der Waals surface area contributed by atoms with Crippen LogP contribution in [0, 0.1) is 0 Å². The summed E-state index contributed by atoms with van der Waals surface area (Å²) >= 11 is 0. The maximum Gasteiger partial charge on any atom is 0.117 e. The molecule has 3 aliphatic rings. The Morgan fingerprint density at radius 1 is 0.882 bits per heavy atom. The summed E-state index contributed by atoms with van der Waals surface area (Å²) in [5.74, 6) is 1.17. The molecule has 3 aromatic heterocycles. The molecular weight excluding hydrogens is 424 g/mol. The normalized spacial score (nSPS) is 17.8. The Hall–Kier alpha value is -3.45. The Kier molecular flexibility index (Phi) is 4.75. The number of imidazole rings is 1. The van der Waals surface area contributed by atoms with E-state index in [4.69, 9.17) is 19.8 Å². The predicted molar refractivity (Wildman–Crippen MR) is 132 cm³/mol. The number of benzene rings is 1. The Labute approximate surface area is 199 Å². The van der Waals surface area contributed by atoms with E-state index in [0.29, 0.717) is 6.04 Å². The highest BCUT2D eigenvalue weighted by atomic mass is 16.5. The van der Waals surface area contributed by atoms with E-state index in [0.717, 1.165) is 73.9 Å². The number of morpholine rings is 1. The fourth-order valence-electron chi connectivity index (χ4n) is 5.20. The zero-order valence-corrected chi connectivity index (χ0v) is 19.2. The first-order valence-corrected chi connectivity index (χ1v) is 12.4. The van der Waals surface area contributed by atoms with Gasteiger partial charge in [-0.05, 0) is 49.6 Å². The van der Waals surface area contributed by atoms with Crippen LogP contribution in [-0.4, -0.2) is 50.6 Å². The second-order valence-electron chi connectivity index (χ2n) is 9.47. The fraction of sp³-hybridized carbons (Fsp3) is 0.370. The van der Waals surface area contributed by atoms with Crippen LogP contribution in [0.4, 0.5) is 5.69 Å². The number of hydrogen-bond acceptors (Lipinski definition) is 5. The summed E-state index contributed by atoms with van der Waals surface area (Å²) in [4.78, 5) is 12.1. The molecule has 0 radical (unpaired) electrons. The quantitative estimate of drug-likeness (QED) is 0.443. The van der Waals surface area contributed by atoms with Crippen LogP contribution in [0.1, 0.15) is 31.1 Å². The van der Waals surface area contributed by atoms with Gasteiger partial charge in [-0.2, -0.15) is 5.10 Å². The van der Waals surface area contributed by atoms with Gasteiger partial charge in [0.1, 0.15) is 17.2 Å². The van der Waals surface area contributed by atoms with Crippen LogP contribution < -0.4 is 4.90 Å². The number of nitrogens with zero attached hydrogens (tertiary/aromatic N) is 6. The molecule has 0 bridgehead atoms. The third kappa shape index (κ3) is 3.51. The predicted octanol–water partition coefficient (Wildman–Crippen LogP) is 4.59. The van der Waals surface area contributed by atoms with Gasteiger partial charge in [0, 0.05) is 55.3 Å². The highest BCUT2D eigenvalue weighted by molar-refractivity contribution is 5.80. The second kappa shape index (κ2) is 8.09. The van der Waals surface area contributed by atoms with Gasteiger partial charge in [0.05, 0.1) is 30.6 Å². The highest BCUT2D eigenvalue weighted by Crippen LogP contribution is 2.38. The van der Waals surface area contributed by atoms with Crippen molar-refractivity contribution in [3.8, 4) is 33.9 Å². The van der Waals surface area contributed by atoms with Gasteiger partial charge in [0.15, 0.2) is 0 Å². The minimum absolute atomic E-state index is 0.569. The molecule has 0 spiro atoms. The van der Waals surface area contributed by atoms with Crippen molar-refractivity contribution in [3.05, 3.63) is 60.7 Å². The first kappa shape index (κ1) is 20.0. The average molecular weight is 453 g/mol. The highest BCUT2D eigenvalue weighted by Gasteiger charge is 2.28. The minimum Gasteiger partial charge on any atom is -0.378 e. The number of rotatable bonds is 5. The number of anilines is 1. The van der Waals surface area contributed by atoms with Crippen LogP contribution in [0.15, 0.2) is 54.9 Å². The number of aryl methyl sites for hydroxylation is 1. The lowest BCUT2D eigenvalue weighted by Gasteiger charge is -2.28. The second-order valence-corrected chi connectivity index (χ2v) is 9.47. The summed E-state index contributed by atoms with van der Waals surface area (Å²) < 4.78 is 9.98. The Balaban J connectivity index is 1.25. The van der Waals surface area contributed by atoms with Gasteiger partial charge in [0.2, 0.25) is 0 Å². The number of pyridine rings is 1. The first-order valence-electron chi connectivity index (χ1n) is 12.4. The molecule has 1 aromatic carbocycles. The number of ether oxygens (including phenoxy) is 1. The molecule has 1 aliphatic carbocycles. The van der Waals surface area contributed by atoms with Crippen LogP contribution in [0.25, 0.3) is 33.9 Å². The van der Waals surface area contributed by atoms with E-state index in [1.807, 2.05) is 6.20 Å². The SMILES string of the molecule is c1cc(-c2c(-c3ccn(C4CC4)n3)nc3n2CCC3)cc(-c2ccc(N3CCOCC3)cc2)n1. The Morgan fingerprint density at radius 2 is 1.74 bits per heavy atom. The van der Waals surface area contributed by atoms with Gasteiger partial charge in [-0.15, -0.1) is 0 Å². The van der Waals surface area contributed by atoms with Crippen LogP contribution >= 0.6 is 0 Å². The van der Waals surface area contributed by atoms with Crippen molar-refractivity contribution < 1.29 is 4.74 Å². The molecule has 0 unspecified atom stereocenters. The van der Waals surface area contributed by atoms with Crippen molar-refractivity contribution in [1.29, 1.82) is 0 Å². The third-order valence-electron chi connectivity index (χ3n) is 7.17. The van der Waals surface area contributed by atoms with E-state index >= 15 is 0 Å². The summed E-state index contributed by atoms with van der Waals surface area (Å²) in [5, 5.41) is 4.89. The molecule has 7 nitrogen and oxygen atoms in total. The molecule has 172 valence electrons. The first-order chi connectivity index (χ1) is 16.8. The van der Waals surface area contributed by atoms with Gasteiger partial charge in [0.25, 0.3) is 0 Å². The lowest BCUT2D eigenvalue weighted by atomic mass is 10.0. The largest absolute Gasteiger partial charge is 0.378 e. The lowest BCUT2D eigenvalue weighted by molar-refractivity contribution is 0.122. The van der Waals surface area contributed by atoms with Crippen molar-refractivity contribution >= 4 is 5.69 Å². The van der Waals surface area contributed by atoms with E-state index in [9.17, 15) is 0 Å². The Bertz CT molecular complexity index is 1330. The van der Waals surface area contributed by atoms with Gasteiger partial charge in [-0.1, -0.05) is 12.1 Å². The molecular formula is C27H28N6O. The molecule has 1 saturated heterocycles. The third-order valence-corrected chi connectivity index (χ3v) is 7.17. The molecule has 2 aliphatic heterocycles. The topological polar surface area (TPSA) is 61.0 Å². The molecule has 7 heteroatoms. The Morgan fingerprint density at radius 3 is 2.56 bits per heavy atom. The molecule has 5 heterocycles. The average Bonchev–Trinajstić information content (AvgIpc) is 3.28. The number of hydrogen-bond donors (Lipinski definition) is 0. The van der Waals surface area contributed by atoms with Gasteiger partial charge >= 0.3 is 0 Å². The van der Waals surface area contributed by atoms with Gasteiger partial charge in [-0.3, -0.25) is 9.67 Å². The molecule has 0 atom stereocenters. The van der Waals surface area contributed by atoms with E-state index in [2.05, 4.69) is 62.8 Å². The van der Waals surface area contributed by atoms with Crippen LogP contribution in [-0.2, 0) is 17.7 Å². The maximum absolute atomic E-state index is 5.49. The molecule has 1 saturated carbocycles. The van der Waals surface area contributed by atoms with E-state index in [1.54, 1.807) is 0 Å². The summed E-state index contributed by atoms with van der Waals surface area (Å²) in [7, 11) is 0. The summed E-state index contributed by atoms with van der Waals surface area (Å²) in [6, 6.07) is 15.7. The van der Waals surface area contributed by atoms with Crippen molar-refractivity contribution in [2.45, 2.75) is 38.3 Å². The van der Waals surface area contributed by atoms with E-state index in [-0.39, 0.29) is 0 Å². The standard InChI is InChI=1S/C27H28N6O/c1-2-25-29-26(23-10-13-33(30-23)22-7-8-22)27(32(25)12-1)20-9-11-28-24(18-20)19-3-5-21(6-4-19)31-14-16-34-17-15-31/h3-6,9-11,13,18,22H,1-2,7-8,12,14-17H2. The molecule has 4 aromatic rings. The monoisotopic (exact) mass is 452 g/mol. The molecule has 34 heavy (non-hydrogen) atoms. The lowest BCUT2D eigenvalue weighted by Crippen LogP contribution is -2.36. The zero-order chi connectivity index (χ0) is 22.5. The molecule has 7 rings (SSSR count). The minimum atomic E-state index is 0.569. The molecule has 0 N–H and O–H groups in total. The van der Waals surface area contributed by atoms with Crippen molar-refractivity contribution in [2.75, 3.05) is 31.2 Å². The van der Waals surface area contributed by atoms with Crippen molar-refractivity contribution in [2.24, 2.45) is 0 Å². The van der Waals surface area contributed by atoms with Gasteiger partial charge in [-0.25, -0.2) is 4.98 Å². The summed E-state index contributed by atoms with van der Waals surface area (Å²) in [6.45, 7) is 4.48. The number of aromatic nitrogens is 5. The molecule has 0 amide bonds. The van der Waals surface area contributed by atoms with Crippen LogP contribution in [0.3, 0.4) is 0 Å². The summed E-state index contributed by atoms with van der Waals surface area (Å²) in [6.07, 6.45) is 8.65. The maximum atomic E-state index is 5.49. The van der Waals surface area contributed by atoms with Crippen molar-refractivity contribution in [3.63, 3.8) is 0 Å². The number of fused-ring (bicyclic) bond motifs is 1. The summed E-state index contributed by atoms with van der Waals surface area (Å²) in [5.41, 5.74) is 7.63. The van der Waals surface area contributed by atoms with Crippen LogP contribution in [0.5, 0.6) is 0 Å². The van der Waals surface area contributed by atoms with E-state index in [1.165, 1.54) is 30.0 Å². The molecule has 2 fully saturated rings. The smallest absolute Gasteiger partial charge is 0.117 e. The van der Waals surface area contributed by atoms with Crippen molar-refractivity contribution in [1.82, 2.24) is 24.3 Å². The van der Waals surface area contributed by atoms with Gasteiger partial charge < -0.3 is 14.2 Å². The van der Waals surface area contributed by atoms with E-state index < -0.39 is 0 Å². The zero-order valence-electron chi connectivity index (χ0n) is 19.2. The fourth-order valence-corrected chi connectivity index (χ4v) is 5.20. The van der Waals surface area contributed by atoms with Crippen LogP contribution in [0.2, 0.25) is 0 Å².